The third-order valence-electron chi connectivity index (χ3n) is 3.37. The highest BCUT2D eigenvalue weighted by atomic mass is 16.5. The van der Waals surface area contributed by atoms with Crippen LogP contribution in [-0.2, 0) is 10.3 Å². The summed E-state index contributed by atoms with van der Waals surface area (Å²) in [6, 6.07) is 9.81. The second kappa shape index (κ2) is 8.37. The molecule has 1 unspecified atom stereocenters. The summed E-state index contributed by atoms with van der Waals surface area (Å²) in [6.07, 6.45) is 0. The summed E-state index contributed by atoms with van der Waals surface area (Å²) in [5.74, 6) is 0.547. The lowest BCUT2D eigenvalue weighted by Gasteiger charge is -2.35. The Morgan fingerprint density at radius 2 is 1.95 bits per heavy atom. The van der Waals surface area contributed by atoms with Crippen molar-refractivity contribution >= 4 is 0 Å². The third-order valence-corrected chi connectivity index (χ3v) is 3.37. The summed E-state index contributed by atoms with van der Waals surface area (Å²) in [4.78, 5) is 2.26. The Bertz CT molecular complexity index is 370. The minimum absolute atomic E-state index is 0.0708. The van der Waals surface area contributed by atoms with E-state index < -0.39 is 5.54 Å². The summed E-state index contributed by atoms with van der Waals surface area (Å²) in [5.41, 5.74) is 6.67. The molecule has 0 heterocycles. The van der Waals surface area contributed by atoms with Crippen LogP contribution in [0.15, 0.2) is 30.3 Å². The molecular weight excluding hydrogens is 252 g/mol. The normalized spacial score (nSPS) is 14.8. The van der Waals surface area contributed by atoms with Gasteiger partial charge in [0, 0.05) is 26.7 Å². The van der Waals surface area contributed by atoms with E-state index in [1.54, 1.807) is 7.11 Å². The Morgan fingerprint density at radius 3 is 2.45 bits per heavy atom. The zero-order valence-electron chi connectivity index (χ0n) is 12.9. The first-order chi connectivity index (χ1) is 9.51. The number of aliphatic hydroxyl groups excluding tert-OH is 1. The van der Waals surface area contributed by atoms with Gasteiger partial charge in [-0.2, -0.15) is 0 Å². The van der Waals surface area contributed by atoms with Crippen molar-refractivity contribution in [2.75, 3.05) is 40.0 Å². The second-order valence-electron chi connectivity index (χ2n) is 5.80. The molecule has 1 atom stereocenters. The highest BCUT2D eigenvalue weighted by Gasteiger charge is 2.29. The maximum absolute atomic E-state index is 9.76. The van der Waals surface area contributed by atoms with Gasteiger partial charge < -0.3 is 15.6 Å². The van der Waals surface area contributed by atoms with Gasteiger partial charge in [-0.3, -0.25) is 4.90 Å². The van der Waals surface area contributed by atoms with Crippen molar-refractivity contribution in [1.82, 2.24) is 4.90 Å². The first kappa shape index (κ1) is 17.1. The van der Waals surface area contributed by atoms with Crippen molar-refractivity contribution in [3.05, 3.63) is 35.9 Å². The molecule has 0 bridgehead atoms. The maximum atomic E-state index is 9.76. The fraction of sp³-hybridized carbons (Fsp3) is 0.625. The van der Waals surface area contributed by atoms with Crippen molar-refractivity contribution < 1.29 is 9.84 Å². The van der Waals surface area contributed by atoms with Crippen molar-refractivity contribution in [2.45, 2.75) is 19.4 Å². The number of hydrogen-bond acceptors (Lipinski definition) is 4. The van der Waals surface area contributed by atoms with E-state index in [4.69, 9.17) is 10.5 Å². The van der Waals surface area contributed by atoms with Gasteiger partial charge in [-0.1, -0.05) is 44.2 Å². The van der Waals surface area contributed by atoms with E-state index in [1.165, 1.54) is 0 Å². The first-order valence-electron chi connectivity index (χ1n) is 7.18. The number of nitrogens with zero attached hydrogens (tertiary/aromatic N) is 1. The highest BCUT2D eigenvalue weighted by molar-refractivity contribution is 5.24. The van der Waals surface area contributed by atoms with Gasteiger partial charge in [0.1, 0.15) is 0 Å². The molecule has 0 aliphatic carbocycles. The van der Waals surface area contributed by atoms with Gasteiger partial charge in [0.15, 0.2) is 0 Å². The maximum Gasteiger partial charge on any atom is 0.0772 e. The van der Waals surface area contributed by atoms with Crippen LogP contribution in [0.4, 0.5) is 0 Å². The van der Waals surface area contributed by atoms with E-state index in [2.05, 4.69) is 18.7 Å². The molecule has 4 heteroatoms. The lowest BCUT2D eigenvalue weighted by atomic mass is 9.91. The Balaban J connectivity index is 2.81. The van der Waals surface area contributed by atoms with Crippen molar-refractivity contribution in [3.8, 4) is 0 Å². The van der Waals surface area contributed by atoms with Crippen molar-refractivity contribution in [1.29, 1.82) is 0 Å². The average molecular weight is 280 g/mol. The number of methoxy groups -OCH3 is 1. The van der Waals surface area contributed by atoms with E-state index >= 15 is 0 Å². The zero-order chi connectivity index (χ0) is 15.0. The number of ether oxygens (including phenoxy) is 1. The molecule has 0 saturated carbocycles. The van der Waals surface area contributed by atoms with Crippen LogP contribution < -0.4 is 5.73 Å². The van der Waals surface area contributed by atoms with E-state index in [0.717, 1.165) is 18.7 Å². The van der Waals surface area contributed by atoms with Crippen LogP contribution in [0.3, 0.4) is 0 Å². The molecule has 114 valence electrons. The molecule has 0 radical (unpaired) electrons. The number of hydrogen-bond donors (Lipinski definition) is 2. The van der Waals surface area contributed by atoms with Gasteiger partial charge in [0.2, 0.25) is 0 Å². The van der Waals surface area contributed by atoms with Gasteiger partial charge in [-0.05, 0) is 11.5 Å². The van der Waals surface area contributed by atoms with Crippen LogP contribution >= 0.6 is 0 Å². The van der Waals surface area contributed by atoms with Crippen molar-refractivity contribution in [2.24, 2.45) is 11.7 Å². The molecule has 3 N–H and O–H groups in total. The van der Waals surface area contributed by atoms with E-state index in [1.807, 2.05) is 30.3 Å². The smallest absolute Gasteiger partial charge is 0.0772 e. The average Bonchev–Trinajstić information content (AvgIpc) is 2.45. The molecule has 0 aliphatic heterocycles. The summed E-state index contributed by atoms with van der Waals surface area (Å²) in [5, 5.41) is 9.76. The Hall–Kier alpha value is -0.940. The summed E-state index contributed by atoms with van der Waals surface area (Å²) in [7, 11) is 1.70. The second-order valence-corrected chi connectivity index (χ2v) is 5.80. The van der Waals surface area contributed by atoms with E-state index in [9.17, 15) is 5.11 Å². The Labute approximate surface area is 122 Å². The zero-order valence-corrected chi connectivity index (χ0v) is 12.9. The molecule has 0 aromatic heterocycles. The molecule has 0 spiro atoms. The summed E-state index contributed by atoms with van der Waals surface area (Å²) in [6.45, 7) is 7.34. The van der Waals surface area contributed by atoms with Gasteiger partial charge in [-0.15, -0.1) is 0 Å². The molecular formula is C16H28N2O2. The topological polar surface area (TPSA) is 58.7 Å². The van der Waals surface area contributed by atoms with Crippen LogP contribution in [-0.4, -0.2) is 50.0 Å². The molecule has 0 fully saturated rings. The lowest BCUT2D eigenvalue weighted by Crippen LogP contribution is -2.51. The molecule has 1 aromatic rings. The van der Waals surface area contributed by atoms with E-state index in [0.29, 0.717) is 19.1 Å². The number of nitrogens with two attached hydrogens (primary N) is 1. The minimum Gasteiger partial charge on any atom is -0.394 e. The fourth-order valence-corrected chi connectivity index (χ4v) is 2.37. The van der Waals surface area contributed by atoms with Gasteiger partial charge in [0.25, 0.3) is 0 Å². The highest BCUT2D eigenvalue weighted by Crippen LogP contribution is 2.19. The van der Waals surface area contributed by atoms with Gasteiger partial charge >= 0.3 is 0 Å². The third kappa shape index (κ3) is 5.21. The van der Waals surface area contributed by atoms with Crippen molar-refractivity contribution in [3.63, 3.8) is 0 Å². The molecule has 1 aromatic carbocycles. The number of aliphatic hydroxyl groups is 1. The standard InChI is InChI=1S/C16H28N2O2/c1-14(2)11-18(9-10-20-3)12-16(17,13-19)15-7-5-4-6-8-15/h4-8,14,19H,9-13,17H2,1-3H3. The summed E-state index contributed by atoms with van der Waals surface area (Å²) >= 11 is 0. The van der Waals surface area contributed by atoms with Crippen LogP contribution in [0, 0.1) is 5.92 Å². The van der Waals surface area contributed by atoms with Crippen LogP contribution in [0.5, 0.6) is 0 Å². The quantitative estimate of drug-likeness (QED) is 0.718. The molecule has 0 amide bonds. The fourth-order valence-electron chi connectivity index (χ4n) is 2.37. The van der Waals surface area contributed by atoms with E-state index in [-0.39, 0.29) is 6.61 Å². The number of rotatable bonds is 9. The van der Waals surface area contributed by atoms with Crippen LogP contribution in [0.2, 0.25) is 0 Å². The molecule has 0 saturated heterocycles. The Morgan fingerprint density at radius 1 is 1.30 bits per heavy atom. The summed E-state index contributed by atoms with van der Waals surface area (Å²) < 4.78 is 5.16. The van der Waals surface area contributed by atoms with Crippen LogP contribution in [0.25, 0.3) is 0 Å². The monoisotopic (exact) mass is 280 g/mol. The minimum atomic E-state index is -0.732. The Kier molecular flexibility index (Phi) is 7.16. The lowest BCUT2D eigenvalue weighted by molar-refractivity contribution is 0.0971. The molecule has 4 nitrogen and oxygen atoms in total. The number of benzene rings is 1. The molecule has 1 rings (SSSR count). The predicted octanol–water partition coefficient (Wildman–Crippen LogP) is 1.44. The van der Waals surface area contributed by atoms with Gasteiger partial charge in [0.05, 0.1) is 18.8 Å². The molecule has 0 aliphatic rings. The molecule has 20 heavy (non-hydrogen) atoms. The largest absolute Gasteiger partial charge is 0.394 e. The van der Waals surface area contributed by atoms with Gasteiger partial charge in [-0.25, -0.2) is 0 Å². The predicted molar refractivity (Wildman–Crippen MR) is 82.5 cm³/mol. The SMILES string of the molecule is COCCN(CC(C)C)CC(N)(CO)c1ccccc1. The first-order valence-corrected chi connectivity index (χ1v) is 7.18. The van der Waals surface area contributed by atoms with Crippen LogP contribution in [0.1, 0.15) is 19.4 Å².